The first-order valence-electron chi connectivity index (χ1n) is 3.71. The molecule has 0 amide bonds. The lowest BCUT2D eigenvalue weighted by atomic mass is 10.1. The molecule has 1 nitrogen and oxygen atoms in total. The summed E-state index contributed by atoms with van der Waals surface area (Å²) in [5, 5.41) is 0.753. The summed E-state index contributed by atoms with van der Waals surface area (Å²) in [6.45, 7) is 2.05. The van der Waals surface area contributed by atoms with E-state index in [-0.39, 0.29) is 0 Å². The highest BCUT2D eigenvalue weighted by Gasteiger charge is 2.06. The predicted octanol–water partition coefficient (Wildman–Crippen LogP) is 3.67. The van der Waals surface area contributed by atoms with Gasteiger partial charge in [-0.1, -0.05) is 34.5 Å². The van der Waals surface area contributed by atoms with E-state index >= 15 is 0 Å². The van der Waals surface area contributed by atoms with E-state index in [1.165, 1.54) is 0 Å². The molecule has 12 heavy (non-hydrogen) atoms. The van der Waals surface area contributed by atoms with Gasteiger partial charge in [0.05, 0.1) is 7.11 Å². The predicted molar refractivity (Wildman–Crippen MR) is 55.1 cm³/mol. The molecular weight excluding hydrogens is 239 g/mol. The summed E-state index contributed by atoms with van der Waals surface area (Å²) in [6, 6.07) is 3.80. The fraction of sp³-hybridized carbons (Fsp3) is 0.333. The average Bonchev–Trinajstić information content (AvgIpc) is 2.03. The van der Waals surface area contributed by atoms with E-state index in [0.717, 1.165) is 27.2 Å². The van der Waals surface area contributed by atoms with Crippen LogP contribution in [0.25, 0.3) is 0 Å². The normalized spacial score (nSPS) is 10.0. The standard InChI is InChI=1S/C9H10BrClO/c1-3-7-8(11)4-6(10)5-9(7)12-2/h4-5H,3H2,1-2H3. The molecule has 0 N–H and O–H groups in total. The average molecular weight is 250 g/mol. The van der Waals surface area contributed by atoms with Crippen LogP contribution in [0.5, 0.6) is 5.75 Å². The van der Waals surface area contributed by atoms with Gasteiger partial charge in [0.2, 0.25) is 0 Å². The lowest BCUT2D eigenvalue weighted by Gasteiger charge is -2.08. The van der Waals surface area contributed by atoms with Crippen LogP contribution in [0.3, 0.4) is 0 Å². The second-order valence-corrected chi connectivity index (χ2v) is 3.74. The summed E-state index contributed by atoms with van der Waals surface area (Å²) >= 11 is 9.36. The van der Waals surface area contributed by atoms with Gasteiger partial charge in [-0.15, -0.1) is 0 Å². The molecule has 0 radical (unpaired) electrons. The maximum absolute atomic E-state index is 6.00. The van der Waals surface area contributed by atoms with Crippen molar-refractivity contribution in [3.05, 3.63) is 27.2 Å². The van der Waals surface area contributed by atoms with Crippen molar-refractivity contribution >= 4 is 27.5 Å². The van der Waals surface area contributed by atoms with E-state index in [9.17, 15) is 0 Å². The Hall–Kier alpha value is -0.210. The van der Waals surface area contributed by atoms with E-state index < -0.39 is 0 Å². The zero-order valence-electron chi connectivity index (χ0n) is 7.03. The molecule has 1 rings (SSSR count). The third kappa shape index (κ3) is 1.93. The molecule has 0 aromatic heterocycles. The Labute approximate surface area is 85.8 Å². The molecule has 0 aliphatic carbocycles. The third-order valence-corrected chi connectivity index (χ3v) is 2.49. The minimum absolute atomic E-state index is 0.753. The zero-order valence-corrected chi connectivity index (χ0v) is 9.37. The third-order valence-electron chi connectivity index (χ3n) is 1.69. The van der Waals surface area contributed by atoms with Crippen molar-refractivity contribution < 1.29 is 4.74 Å². The van der Waals surface area contributed by atoms with Crippen molar-refractivity contribution in [2.75, 3.05) is 7.11 Å². The number of methoxy groups -OCH3 is 1. The second kappa shape index (κ2) is 4.15. The van der Waals surface area contributed by atoms with Crippen LogP contribution in [-0.2, 0) is 6.42 Å². The summed E-state index contributed by atoms with van der Waals surface area (Å²) in [6.07, 6.45) is 0.884. The molecule has 0 aliphatic rings. The fourth-order valence-electron chi connectivity index (χ4n) is 1.11. The van der Waals surface area contributed by atoms with E-state index in [0.29, 0.717) is 0 Å². The van der Waals surface area contributed by atoms with Gasteiger partial charge in [-0.3, -0.25) is 0 Å². The topological polar surface area (TPSA) is 9.23 Å². The Morgan fingerprint density at radius 1 is 1.50 bits per heavy atom. The lowest BCUT2D eigenvalue weighted by molar-refractivity contribution is 0.410. The molecule has 0 unspecified atom stereocenters. The molecule has 0 fully saturated rings. The van der Waals surface area contributed by atoms with Crippen LogP contribution >= 0.6 is 27.5 Å². The summed E-state index contributed by atoms with van der Waals surface area (Å²) in [5.41, 5.74) is 1.06. The van der Waals surface area contributed by atoms with Gasteiger partial charge in [0.25, 0.3) is 0 Å². The molecule has 0 aliphatic heterocycles. The van der Waals surface area contributed by atoms with Gasteiger partial charge in [-0.05, 0) is 18.6 Å². The van der Waals surface area contributed by atoms with Crippen molar-refractivity contribution in [1.82, 2.24) is 0 Å². The van der Waals surface area contributed by atoms with Crippen LogP contribution in [0, 0.1) is 0 Å². The molecule has 3 heteroatoms. The first kappa shape index (κ1) is 9.87. The first-order chi connectivity index (χ1) is 5.69. The summed E-state index contributed by atoms with van der Waals surface area (Å²) in [5.74, 6) is 0.844. The second-order valence-electron chi connectivity index (χ2n) is 2.42. The molecule has 66 valence electrons. The van der Waals surface area contributed by atoms with Gasteiger partial charge >= 0.3 is 0 Å². The fourth-order valence-corrected chi connectivity index (χ4v) is 2.02. The highest BCUT2D eigenvalue weighted by Crippen LogP contribution is 2.31. The smallest absolute Gasteiger partial charge is 0.124 e. The van der Waals surface area contributed by atoms with Gasteiger partial charge in [0.15, 0.2) is 0 Å². The maximum Gasteiger partial charge on any atom is 0.124 e. The van der Waals surface area contributed by atoms with E-state index in [4.69, 9.17) is 16.3 Å². The van der Waals surface area contributed by atoms with E-state index in [2.05, 4.69) is 22.9 Å². The van der Waals surface area contributed by atoms with Crippen LogP contribution in [0.4, 0.5) is 0 Å². The molecule has 0 spiro atoms. The quantitative estimate of drug-likeness (QED) is 0.777. The number of hydrogen-bond acceptors (Lipinski definition) is 1. The molecular formula is C9H10BrClO. The first-order valence-corrected chi connectivity index (χ1v) is 4.88. The number of ether oxygens (including phenoxy) is 1. The SMILES string of the molecule is CCc1c(Cl)cc(Br)cc1OC. The van der Waals surface area contributed by atoms with Crippen LogP contribution in [0.1, 0.15) is 12.5 Å². The molecule has 0 saturated carbocycles. The van der Waals surface area contributed by atoms with E-state index in [1.54, 1.807) is 7.11 Å². The number of rotatable bonds is 2. The van der Waals surface area contributed by atoms with Crippen molar-refractivity contribution in [2.45, 2.75) is 13.3 Å². The van der Waals surface area contributed by atoms with Gasteiger partial charge in [-0.25, -0.2) is 0 Å². The molecule has 0 bridgehead atoms. The maximum atomic E-state index is 6.00. The molecule has 0 atom stereocenters. The highest BCUT2D eigenvalue weighted by molar-refractivity contribution is 9.10. The van der Waals surface area contributed by atoms with Gasteiger partial charge < -0.3 is 4.74 Å². The molecule has 0 heterocycles. The number of benzene rings is 1. The highest BCUT2D eigenvalue weighted by atomic mass is 79.9. The summed E-state index contributed by atoms with van der Waals surface area (Å²) in [4.78, 5) is 0. The Bertz CT molecular complexity index is 286. The Balaban J connectivity index is 3.24. The Morgan fingerprint density at radius 3 is 2.67 bits per heavy atom. The summed E-state index contributed by atoms with van der Waals surface area (Å²) < 4.78 is 6.13. The van der Waals surface area contributed by atoms with Crippen molar-refractivity contribution in [3.63, 3.8) is 0 Å². The Kier molecular flexibility index (Phi) is 3.41. The summed E-state index contributed by atoms with van der Waals surface area (Å²) in [7, 11) is 1.65. The van der Waals surface area contributed by atoms with Crippen LogP contribution in [-0.4, -0.2) is 7.11 Å². The minimum atomic E-state index is 0.753. The largest absolute Gasteiger partial charge is 0.496 e. The van der Waals surface area contributed by atoms with Gasteiger partial charge in [-0.2, -0.15) is 0 Å². The number of hydrogen-bond donors (Lipinski definition) is 0. The van der Waals surface area contributed by atoms with Crippen molar-refractivity contribution in [3.8, 4) is 5.75 Å². The zero-order chi connectivity index (χ0) is 9.14. The Morgan fingerprint density at radius 2 is 2.17 bits per heavy atom. The van der Waals surface area contributed by atoms with Gasteiger partial charge in [0, 0.05) is 15.1 Å². The van der Waals surface area contributed by atoms with Crippen LogP contribution in [0.15, 0.2) is 16.6 Å². The van der Waals surface area contributed by atoms with Crippen molar-refractivity contribution in [2.24, 2.45) is 0 Å². The molecule has 1 aromatic carbocycles. The van der Waals surface area contributed by atoms with Crippen LogP contribution in [0.2, 0.25) is 5.02 Å². The van der Waals surface area contributed by atoms with E-state index in [1.807, 2.05) is 12.1 Å². The van der Waals surface area contributed by atoms with Crippen LogP contribution < -0.4 is 4.74 Å². The van der Waals surface area contributed by atoms with Crippen molar-refractivity contribution in [1.29, 1.82) is 0 Å². The molecule has 0 saturated heterocycles. The monoisotopic (exact) mass is 248 g/mol. The molecule has 1 aromatic rings. The minimum Gasteiger partial charge on any atom is -0.496 e. The number of halogens is 2. The lowest BCUT2D eigenvalue weighted by Crippen LogP contribution is -1.91. The van der Waals surface area contributed by atoms with Gasteiger partial charge in [0.1, 0.15) is 5.75 Å².